The van der Waals surface area contributed by atoms with Gasteiger partial charge in [0.2, 0.25) is 5.95 Å². The highest BCUT2D eigenvalue weighted by Crippen LogP contribution is 2.46. The fraction of sp³-hybridized carbons (Fsp3) is 0.325. The molecule has 0 aliphatic heterocycles. The summed E-state index contributed by atoms with van der Waals surface area (Å²) in [4.78, 5) is 38.0. The van der Waals surface area contributed by atoms with Gasteiger partial charge in [0, 0.05) is 11.7 Å². The van der Waals surface area contributed by atoms with Crippen LogP contribution in [0, 0.1) is 11.3 Å². The lowest BCUT2D eigenvalue weighted by Gasteiger charge is -2.38. The Balaban J connectivity index is 1.08. The predicted molar refractivity (Wildman–Crippen MR) is 217 cm³/mol. The number of carbonyl (C=O) groups is 2. The van der Waals surface area contributed by atoms with Crippen LogP contribution in [0.15, 0.2) is 109 Å². The molecule has 294 valence electrons. The second-order valence-electron chi connectivity index (χ2n) is 14.0. The Bertz CT molecular complexity index is 2110. The van der Waals surface area contributed by atoms with Crippen molar-refractivity contribution in [2.24, 2.45) is 11.3 Å². The van der Waals surface area contributed by atoms with Crippen molar-refractivity contribution in [3.05, 3.63) is 131 Å². The molecule has 13 nitrogen and oxygen atoms in total. The lowest BCUT2D eigenvalue weighted by Crippen LogP contribution is -2.38. The zero-order valence-electron chi connectivity index (χ0n) is 31.2. The Morgan fingerprint density at radius 3 is 2.14 bits per heavy atom. The standard InChI is InChI=1S/C40H44ClN6O7PS/c1-27(36(48)49)46-55(51,54-24-28-19-20-32(23-28)47-26-43-33-34(41)44-38(42)45-35(33)47)53-21-22-56-37(50)39(2,3)25-52-40(29-13-7-4-8-14-29,30-15-9-5-10-16-30)31-17-11-6-12-18-31/h4-20,26-28,32H,21-25H2,1-3H3,(H,46,51)(H,48,49)(H2,42,44,45)/t27?,28-,32+,55?/m1/s1. The third-order valence-corrected chi connectivity index (χ3v) is 12.6. The summed E-state index contributed by atoms with van der Waals surface area (Å²) in [5, 5.41) is 12.0. The van der Waals surface area contributed by atoms with E-state index in [9.17, 15) is 19.3 Å². The van der Waals surface area contributed by atoms with Gasteiger partial charge < -0.3 is 20.1 Å². The fourth-order valence-electron chi connectivity index (χ4n) is 6.42. The molecule has 56 heavy (non-hydrogen) atoms. The Hall–Kier alpha value is -4.40. The van der Waals surface area contributed by atoms with Crippen molar-refractivity contribution < 1.29 is 33.0 Å². The zero-order valence-corrected chi connectivity index (χ0v) is 33.6. The number of thioether (sulfide) groups is 1. The molecule has 6 rings (SSSR count). The molecule has 16 heteroatoms. The second kappa shape index (κ2) is 17.8. The summed E-state index contributed by atoms with van der Waals surface area (Å²) in [6, 6.07) is 28.4. The van der Waals surface area contributed by atoms with E-state index in [1.807, 2.05) is 122 Å². The topological polar surface area (TPSA) is 181 Å². The van der Waals surface area contributed by atoms with E-state index in [0.29, 0.717) is 17.6 Å². The van der Waals surface area contributed by atoms with Crippen LogP contribution in [0.2, 0.25) is 5.15 Å². The van der Waals surface area contributed by atoms with Crippen LogP contribution in [-0.2, 0) is 33.5 Å². The van der Waals surface area contributed by atoms with E-state index in [1.54, 1.807) is 6.33 Å². The average Bonchev–Trinajstić information content (AvgIpc) is 3.85. The Morgan fingerprint density at radius 1 is 0.982 bits per heavy atom. The third kappa shape index (κ3) is 9.41. The first-order chi connectivity index (χ1) is 26.8. The van der Waals surface area contributed by atoms with Crippen molar-refractivity contribution in [1.29, 1.82) is 0 Å². The van der Waals surface area contributed by atoms with Gasteiger partial charge >= 0.3 is 13.7 Å². The smallest absolute Gasteiger partial charge is 0.406 e. The normalized spacial score (nSPS) is 17.5. The van der Waals surface area contributed by atoms with Gasteiger partial charge in [-0.3, -0.25) is 18.6 Å². The van der Waals surface area contributed by atoms with E-state index < -0.39 is 30.8 Å². The van der Waals surface area contributed by atoms with Crippen LogP contribution >= 0.6 is 31.1 Å². The molecule has 3 aromatic carbocycles. The number of fused-ring (bicyclic) bond motifs is 1. The maximum atomic E-state index is 13.9. The number of carboxylic acid groups (broad SMARTS) is 1. The molecule has 0 saturated heterocycles. The first kappa shape index (κ1) is 41.2. The molecule has 4 atom stereocenters. The molecule has 2 aromatic heterocycles. The van der Waals surface area contributed by atoms with Crippen molar-refractivity contribution in [3.63, 3.8) is 0 Å². The molecular formula is C40H44ClN6O7PS. The van der Waals surface area contributed by atoms with Crippen LogP contribution in [0.1, 0.15) is 49.9 Å². The van der Waals surface area contributed by atoms with Crippen LogP contribution < -0.4 is 10.8 Å². The number of anilines is 1. The van der Waals surface area contributed by atoms with E-state index in [4.69, 9.17) is 31.1 Å². The number of imidazole rings is 1. The van der Waals surface area contributed by atoms with Gasteiger partial charge in [0.25, 0.3) is 0 Å². The Kier molecular flexibility index (Phi) is 13.1. The number of hydrogen-bond donors (Lipinski definition) is 3. The minimum absolute atomic E-state index is 0.0239. The quantitative estimate of drug-likeness (QED) is 0.0258. The van der Waals surface area contributed by atoms with Crippen molar-refractivity contribution in [3.8, 4) is 0 Å². The maximum absolute atomic E-state index is 13.9. The van der Waals surface area contributed by atoms with Gasteiger partial charge in [-0.05, 0) is 43.9 Å². The van der Waals surface area contributed by atoms with Gasteiger partial charge in [0.15, 0.2) is 15.9 Å². The summed E-state index contributed by atoms with van der Waals surface area (Å²) in [5.74, 6) is -1.27. The predicted octanol–water partition coefficient (Wildman–Crippen LogP) is 7.68. The summed E-state index contributed by atoms with van der Waals surface area (Å²) >= 11 is 7.21. The first-order valence-corrected chi connectivity index (χ1v) is 20.9. The van der Waals surface area contributed by atoms with Gasteiger partial charge in [-0.25, -0.2) is 14.6 Å². The molecule has 5 aromatic rings. The molecule has 0 radical (unpaired) electrons. The number of benzene rings is 3. The van der Waals surface area contributed by atoms with Crippen LogP contribution in [0.5, 0.6) is 0 Å². The zero-order chi connectivity index (χ0) is 39.9. The number of carboxylic acids is 1. The molecular weight excluding hydrogens is 775 g/mol. The number of carbonyl (C=O) groups excluding carboxylic acids is 1. The molecule has 0 amide bonds. The first-order valence-electron chi connectivity index (χ1n) is 18.0. The lowest BCUT2D eigenvalue weighted by atomic mass is 9.79. The number of allylic oxidation sites excluding steroid dienone is 1. The monoisotopic (exact) mass is 818 g/mol. The number of halogens is 1. The highest BCUT2D eigenvalue weighted by molar-refractivity contribution is 8.13. The van der Waals surface area contributed by atoms with E-state index >= 15 is 0 Å². The summed E-state index contributed by atoms with van der Waals surface area (Å²) in [6.45, 7) is 4.89. The number of aromatic nitrogens is 4. The molecule has 0 saturated carbocycles. The largest absolute Gasteiger partial charge is 0.480 e. The number of nitrogens with zero attached hydrogens (tertiary/aromatic N) is 4. The SMILES string of the molecule is CC(NP(=O)(OCCSC(=O)C(C)(C)COC(c1ccccc1)(c1ccccc1)c1ccccc1)OC[C@@H]1C=C[C@H](n2cnc3c(Cl)nc(N)nc32)C1)C(=O)O. The summed E-state index contributed by atoms with van der Waals surface area (Å²) in [7, 11) is -4.14. The number of nitrogens with one attached hydrogen (secondary N) is 1. The lowest BCUT2D eigenvalue weighted by molar-refractivity contribution is -0.138. The summed E-state index contributed by atoms with van der Waals surface area (Å²) < 4.78 is 34.1. The molecule has 1 aliphatic rings. The number of hydrogen-bond acceptors (Lipinski definition) is 11. The minimum Gasteiger partial charge on any atom is -0.480 e. The Labute approximate surface area is 334 Å². The van der Waals surface area contributed by atoms with Crippen LogP contribution in [0.25, 0.3) is 11.2 Å². The van der Waals surface area contributed by atoms with Crippen LogP contribution in [0.3, 0.4) is 0 Å². The number of aliphatic carboxylic acids is 1. The van der Waals surface area contributed by atoms with Crippen molar-refractivity contribution in [2.45, 2.75) is 44.9 Å². The molecule has 0 spiro atoms. The molecule has 2 unspecified atom stereocenters. The number of nitrogen functional groups attached to an aromatic ring is 1. The highest BCUT2D eigenvalue weighted by atomic mass is 35.5. The number of nitrogens with two attached hydrogens (primary N) is 1. The second-order valence-corrected chi connectivity index (χ2v) is 17.2. The van der Waals surface area contributed by atoms with Crippen molar-refractivity contribution >= 4 is 59.3 Å². The fourth-order valence-corrected chi connectivity index (χ4v) is 9.10. The van der Waals surface area contributed by atoms with E-state index in [-0.39, 0.29) is 53.7 Å². The van der Waals surface area contributed by atoms with Crippen molar-refractivity contribution in [1.82, 2.24) is 24.6 Å². The third-order valence-electron chi connectivity index (χ3n) is 9.40. The van der Waals surface area contributed by atoms with Crippen LogP contribution in [0.4, 0.5) is 5.95 Å². The van der Waals surface area contributed by atoms with E-state index in [0.717, 1.165) is 28.5 Å². The molecule has 1 aliphatic carbocycles. The number of ether oxygens (including phenoxy) is 1. The van der Waals surface area contributed by atoms with Crippen LogP contribution in [-0.4, -0.2) is 67.3 Å². The van der Waals surface area contributed by atoms with Gasteiger partial charge in [0.1, 0.15) is 17.2 Å². The van der Waals surface area contributed by atoms with E-state index in [1.165, 1.54) is 6.92 Å². The maximum Gasteiger partial charge on any atom is 0.406 e. The average molecular weight is 819 g/mol. The highest BCUT2D eigenvalue weighted by Gasteiger charge is 2.41. The van der Waals surface area contributed by atoms with Gasteiger partial charge in [-0.1, -0.05) is 127 Å². The Morgan fingerprint density at radius 2 is 1.57 bits per heavy atom. The van der Waals surface area contributed by atoms with Gasteiger partial charge in [0.05, 0.1) is 37.6 Å². The molecule has 0 fully saturated rings. The number of rotatable bonds is 18. The minimum atomic E-state index is -4.14. The summed E-state index contributed by atoms with van der Waals surface area (Å²) in [6.07, 6.45) is 6.00. The molecule has 2 heterocycles. The molecule has 4 N–H and O–H groups in total. The van der Waals surface area contributed by atoms with E-state index in [2.05, 4.69) is 20.0 Å². The molecule has 0 bridgehead atoms. The van der Waals surface area contributed by atoms with Gasteiger partial charge in [-0.2, -0.15) is 9.97 Å². The summed E-state index contributed by atoms with van der Waals surface area (Å²) in [5.41, 5.74) is 7.53. The van der Waals surface area contributed by atoms with Gasteiger partial charge in [-0.15, -0.1) is 0 Å². The van der Waals surface area contributed by atoms with Crippen molar-refractivity contribution in [2.75, 3.05) is 31.3 Å².